The Morgan fingerprint density at radius 3 is 2.43 bits per heavy atom. The van der Waals surface area contributed by atoms with Crippen LogP contribution in [-0.4, -0.2) is 28.9 Å². The van der Waals surface area contributed by atoms with E-state index in [1.165, 1.54) is 13.4 Å². The number of rotatable bonds is 5. The van der Waals surface area contributed by atoms with Crippen LogP contribution in [0.4, 0.5) is 0 Å². The summed E-state index contributed by atoms with van der Waals surface area (Å²) < 4.78 is 7.82. The molecular formula is C8H13Cl3O3. The molecule has 3 nitrogen and oxygen atoms in total. The van der Waals surface area contributed by atoms with E-state index in [2.05, 4.69) is 4.74 Å². The molecule has 0 unspecified atom stereocenters. The molecule has 6 heteroatoms. The Hall–Kier alpha value is 0.330. The van der Waals surface area contributed by atoms with Crippen LogP contribution < -0.4 is 0 Å². The van der Waals surface area contributed by atoms with Gasteiger partial charge in [-0.3, -0.25) is 0 Å². The molecule has 0 fully saturated rings. The summed E-state index contributed by atoms with van der Waals surface area (Å²) in [6.45, 7) is 1.85. The lowest BCUT2D eigenvalue weighted by molar-refractivity contribution is 0.0186. The van der Waals surface area contributed by atoms with Crippen molar-refractivity contribution in [1.82, 2.24) is 0 Å². The lowest BCUT2D eigenvalue weighted by Gasteiger charge is -2.22. The van der Waals surface area contributed by atoms with E-state index in [4.69, 9.17) is 39.5 Å². The van der Waals surface area contributed by atoms with E-state index in [1.807, 2.05) is 0 Å². The third-order valence-corrected chi connectivity index (χ3v) is 2.17. The van der Waals surface area contributed by atoms with Gasteiger partial charge in [-0.15, -0.1) is 0 Å². The van der Waals surface area contributed by atoms with Gasteiger partial charge in [-0.2, -0.15) is 0 Å². The molecule has 84 valence electrons. The second kappa shape index (κ2) is 6.75. The summed E-state index contributed by atoms with van der Waals surface area (Å²) in [6.07, 6.45) is 1.91. The first-order valence-corrected chi connectivity index (χ1v) is 5.05. The highest BCUT2D eigenvalue weighted by molar-refractivity contribution is 6.68. The van der Waals surface area contributed by atoms with E-state index in [1.54, 1.807) is 13.0 Å². The van der Waals surface area contributed by atoms with Crippen LogP contribution in [0.5, 0.6) is 0 Å². The van der Waals surface area contributed by atoms with Crippen LogP contribution in [0.25, 0.3) is 0 Å². The van der Waals surface area contributed by atoms with Gasteiger partial charge in [-0.05, 0) is 6.08 Å². The van der Waals surface area contributed by atoms with Crippen molar-refractivity contribution in [2.45, 2.75) is 16.8 Å². The van der Waals surface area contributed by atoms with Crippen LogP contribution in [0.3, 0.4) is 0 Å². The minimum Gasteiger partial charge on any atom is -0.475 e. The maximum atomic E-state index is 9.48. The molecule has 0 saturated carbocycles. The Morgan fingerprint density at radius 1 is 1.43 bits per heavy atom. The molecular weight excluding hydrogens is 250 g/mol. The summed E-state index contributed by atoms with van der Waals surface area (Å²) in [4.78, 5) is 0. The van der Waals surface area contributed by atoms with E-state index in [0.29, 0.717) is 0 Å². The van der Waals surface area contributed by atoms with E-state index in [0.717, 1.165) is 0 Å². The summed E-state index contributed by atoms with van der Waals surface area (Å²) in [5, 5.41) is 9.48. The van der Waals surface area contributed by atoms with Crippen molar-refractivity contribution in [2.24, 2.45) is 5.92 Å². The van der Waals surface area contributed by atoms with E-state index >= 15 is 0 Å². The quantitative estimate of drug-likeness (QED) is 0.358. The number of hydrogen-bond acceptors (Lipinski definition) is 3. The zero-order valence-corrected chi connectivity index (χ0v) is 10.2. The van der Waals surface area contributed by atoms with Crippen molar-refractivity contribution in [3.05, 3.63) is 12.3 Å². The van der Waals surface area contributed by atoms with Gasteiger partial charge in [0.05, 0.1) is 6.26 Å². The monoisotopic (exact) mass is 262 g/mol. The fourth-order valence-corrected chi connectivity index (χ4v) is 1.29. The van der Waals surface area contributed by atoms with Crippen molar-refractivity contribution in [3.8, 4) is 0 Å². The van der Waals surface area contributed by atoms with Crippen molar-refractivity contribution in [3.63, 3.8) is 0 Å². The number of alkyl halides is 3. The second-order valence-electron chi connectivity index (χ2n) is 2.75. The highest BCUT2D eigenvalue weighted by Crippen LogP contribution is 2.34. The first-order valence-electron chi connectivity index (χ1n) is 3.91. The van der Waals surface area contributed by atoms with Gasteiger partial charge >= 0.3 is 0 Å². The van der Waals surface area contributed by atoms with Crippen molar-refractivity contribution in [2.75, 3.05) is 13.9 Å². The number of ether oxygens (including phenoxy) is 2. The van der Waals surface area contributed by atoms with Gasteiger partial charge in [0.1, 0.15) is 6.10 Å². The van der Waals surface area contributed by atoms with Crippen molar-refractivity contribution >= 4 is 34.8 Å². The smallest absolute Gasteiger partial charge is 0.216 e. The van der Waals surface area contributed by atoms with Gasteiger partial charge in [0.25, 0.3) is 0 Å². The van der Waals surface area contributed by atoms with Crippen molar-refractivity contribution in [1.29, 1.82) is 0 Å². The van der Waals surface area contributed by atoms with Crippen LogP contribution in [0.2, 0.25) is 0 Å². The molecule has 0 amide bonds. The maximum Gasteiger partial charge on any atom is 0.216 e. The molecule has 14 heavy (non-hydrogen) atoms. The van der Waals surface area contributed by atoms with Crippen LogP contribution in [0, 0.1) is 5.92 Å². The van der Waals surface area contributed by atoms with E-state index < -0.39 is 9.90 Å². The number of aliphatic hydroxyl groups excluding tert-OH is 1. The topological polar surface area (TPSA) is 38.7 Å². The number of aliphatic hydroxyl groups is 1. The fourth-order valence-electron chi connectivity index (χ4n) is 0.690. The lowest BCUT2D eigenvalue weighted by Crippen LogP contribution is -2.30. The molecule has 0 aliphatic carbocycles. The third kappa shape index (κ3) is 5.94. The van der Waals surface area contributed by atoms with Gasteiger partial charge < -0.3 is 14.6 Å². The van der Waals surface area contributed by atoms with Crippen LogP contribution in [0.1, 0.15) is 6.92 Å². The average Bonchev–Trinajstić information content (AvgIpc) is 2.09. The van der Waals surface area contributed by atoms with Gasteiger partial charge in [0.15, 0.2) is 6.79 Å². The summed E-state index contributed by atoms with van der Waals surface area (Å²) in [5.41, 5.74) is 0. The molecule has 0 aliphatic rings. The SMILES string of the molecule is COCO/C=C\[C@H](C)[C@H](O)C(Cl)(Cl)Cl. The van der Waals surface area contributed by atoms with Crippen molar-refractivity contribution < 1.29 is 14.6 Å². The van der Waals surface area contributed by atoms with Gasteiger partial charge in [-0.1, -0.05) is 41.7 Å². The zero-order valence-electron chi connectivity index (χ0n) is 7.91. The van der Waals surface area contributed by atoms with Crippen LogP contribution >= 0.6 is 34.8 Å². The molecule has 0 aliphatic heterocycles. The predicted molar refractivity (Wildman–Crippen MR) is 57.6 cm³/mol. The van der Waals surface area contributed by atoms with Gasteiger partial charge in [0, 0.05) is 13.0 Å². The highest BCUT2D eigenvalue weighted by Gasteiger charge is 2.33. The Morgan fingerprint density at radius 2 is 2.00 bits per heavy atom. The highest BCUT2D eigenvalue weighted by atomic mass is 35.6. The fraction of sp³-hybridized carbons (Fsp3) is 0.750. The lowest BCUT2D eigenvalue weighted by atomic mass is 10.1. The molecule has 0 aromatic carbocycles. The predicted octanol–water partition coefficient (Wildman–Crippen LogP) is 2.49. The Kier molecular flexibility index (Phi) is 6.91. The molecule has 0 spiro atoms. The number of hydrogen-bond donors (Lipinski definition) is 1. The van der Waals surface area contributed by atoms with Crippen LogP contribution in [0.15, 0.2) is 12.3 Å². The molecule has 0 aromatic heterocycles. The summed E-state index contributed by atoms with van der Waals surface area (Å²) in [6, 6.07) is 0. The molecule has 2 atom stereocenters. The Bertz CT molecular complexity index is 179. The van der Waals surface area contributed by atoms with E-state index in [9.17, 15) is 5.11 Å². The third-order valence-electron chi connectivity index (χ3n) is 1.50. The molecule has 0 aromatic rings. The molecule has 1 N–H and O–H groups in total. The molecule has 0 saturated heterocycles. The first-order chi connectivity index (χ1) is 6.39. The normalized spacial score (nSPS) is 17.0. The first kappa shape index (κ1) is 14.3. The van der Waals surface area contributed by atoms with Gasteiger partial charge in [0.2, 0.25) is 3.79 Å². The summed E-state index contributed by atoms with van der Waals surface area (Å²) in [7, 11) is 1.51. The summed E-state index contributed by atoms with van der Waals surface area (Å²) >= 11 is 16.5. The maximum absolute atomic E-state index is 9.48. The molecule has 0 heterocycles. The minimum atomic E-state index is -1.69. The average molecular weight is 264 g/mol. The molecule has 0 radical (unpaired) electrons. The minimum absolute atomic E-state index is 0.146. The standard InChI is InChI=1S/C8H13Cl3O3/c1-6(3-4-14-5-13-2)7(12)8(9,10)11/h3-4,6-7,12H,5H2,1-2H3/b4-3-/t6-,7-/m0/s1. The Balaban J connectivity index is 3.95. The van der Waals surface area contributed by atoms with Crippen LogP contribution in [-0.2, 0) is 9.47 Å². The Labute approximate surface area is 98.5 Å². The molecule has 0 bridgehead atoms. The second-order valence-corrected chi connectivity index (χ2v) is 5.12. The molecule has 0 rings (SSSR count). The zero-order chi connectivity index (χ0) is 11.2. The van der Waals surface area contributed by atoms with Gasteiger partial charge in [-0.25, -0.2) is 0 Å². The largest absolute Gasteiger partial charge is 0.475 e. The summed E-state index contributed by atoms with van der Waals surface area (Å²) in [5.74, 6) is -0.320. The van der Waals surface area contributed by atoms with E-state index in [-0.39, 0.29) is 12.7 Å². The number of methoxy groups -OCH3 is 1. The number of halogens is 3.